The molecule has 0 amide bonds. The van der Waals surface area contributed by atoms with Crippen molar-refractivity contribution < 1.29 is 4.79 Å². The van der Waals surface area contributed by atoms with E-state index >= 15 is 0 Å². The Morgan fingerprint density at radius 1 is 1.37 bits per heavy atom. The molecule has 1 heteroatoms. The molecule has 3 aliphatic rings. The highest BCUT2D eigenvalue weighted by Crippen LogP contribution is 2.55. The second kappa shape index (κ2) is 4.61. The maximum absolute atomic E-state index is 11.6. The molecule has 1 fully saturated rings. The molecule has 0 saturated heterocycles. The number of hydrogen-bond donors (Lipinski definition) is 0. The third-order valence-electron chi connectivity index (χ3n) is 6.51. The van der Waals surface area contributed by atoms with Crippen LogP contribution in [-0.2, 0) is 4.79 Å². The number of allylic oxidation sites excluding steroid dienone is 4. The van der Waals surface area contributed by atoms with Gasteiger partial charge in [0.05, 0.1) is 0 Å². The molecule has 0 bridgehead atoms. The number of carbonyl (C=O) groups is 1. The molecule has 104 valence electrons. The zero-order chi connectivity index (χ0) is 13.6. The standard InChI is InChI=1S/C18H26O/c1-4-18(3)10-9-17-15(12(18)2)7-5-13-11-14(19)6-8-16(13)17/h5,7,11-12,15-17H,4,6,8-10H2,1-3H3. The minimum atomic E-state index is 0.330. The molecule has 0 heterocycles. The van der Waals surface area contributed by atoms with Gasteiger partial charge in [0.25, 0.3) is 0 Å². The highest BCUT2D eigenvalue weighted by atomic mass is 16.1. The zero-order valence-corrected chi connectivity index (χ0v) is 12.5. The van der Waals surface area contributed by atoms with Crippen molar-refractivity contribution >= 4 is 5.78 Å². The molecule has 3 rings (SSSR count). The van der Waals surface area contributed by atoms with Gasteiger partial charge in [0, 0.05) is 6.42 Å². The summed E-state index contributed by atoms with van der Waals surface area (Å²) in [4.78, 5) is 11.6. The summed E-state index contributed by atoms with van der Waals surface area (Å²) < 4.78 is 0. The van der Waals surface area contributed by atoms with Crippen LogP contribution in [0.2, 0.25) is 0 Å². The molecule has 0 N–H and O–H groups in total. The van der Waals surface area contributed by atoms with Gasteiger partial charge >= 0.3 is 0 Å². The first-order valence-corrected chi connectivity index (χ1v) is 7.98. The summed E-state index contributed by atoms with van der Waals surface area (Å²) in [6.07, 6.45) is 12.5. The molecule has 0 aromatic carbocycles. The van der Waals surface area contributed by atoms with Crippen LogP contribution < -0.4 is 0 Å². The molecule has 5 atom stereocenters. The number of ketones is 1. The Hall–Kier alpha value is -0.850. The van der Waals surface area contributed by atoms with E-state index in [1.54, 1.807) is 0 Å². The molecule has 19 heavy (non-hydrogen) atoms. The van der Waals surface area contributed by atoms with Crippen molar-refractivity contribution in [2.24, 2.45) is 29.1 Å². The number of rotatable bonds is 1. The zero-order valence-electron chi connectivity index (χ0n) is 12.5. The predicted molar refractivity (Wildman–Crippen MR) is 78.7 cm³/mol. The van der Waals surface area contributed by atoms with Crippen molar-refractivity contribution in [3.05, 3.63) is 23.8 Å². The van der Waals surface area contributed by atoms with Gasteiger partial charge < -0.3 is 0 Å². The van der Waals surface area contributed by atoms with Gasteiger partial charge in [-0.05, 0) is 60.0 Å². The van der Waals surface area contributed by atoms with Gasteiger partial charge in [0.15, 0.2) is 5.78 Å². The van der Waals surface area contributed by atoms with Crippen molar-refractivity contribution in [3.8, 4) is 0 Å². The monoisotopic (exact) mass is 258 g/mol. The maximum Gasteiger partial charge on any atom is 0.155 e. The largest absolute Gasteiger partial charge is 0.295 e. The summed E-state index contributed by atoms with van der Waals surface area (Å²) in [6, 6.07) is 0. The third-order valence-corrected chi connectivity index (χ3v) is 6.51. The highest BCUT2D eigenvalue weighted by Gasteiger charge is 2.46. The lowest BCUT2D eigenvalue weighted by Gasteiger charge is -2.51. The van der Waals surface area contributed by atoms with Crippen LogP contribution in [0.4, 0.5) is 0 Å². The Morgan fingerprint density at radius 3 is 2.89 bits per heavy atom. The van der Waals surface area contributed by atoms with E-state index in [1.807, 2.05) is 6.08 Å². The first-order chi connectivity index (χ1) is 9.05. The van der Waals surface area contributed by atoms with E-state index in [0.29, 0.717) is 17.1 Å². The van der Waals surface area contributed by atoms with Gasteiger partial charge in [-0.15, -0.1) is 0 Å². The Labute approximate surface area is 117 Å². The Balaban J connectivity index is 1.92. The molecular formula is C18H26O. The van der Waals surface area contributed by atoms with Crippen molar-refractivity contribution in [2.45, 2.75) is 52.9 Å². The minimum absolute atomic E-state index is 0.330. The number of carbonyl (C=O) groups excluding carboxylic acids is 1. The smallest absolute Gasteiger partial charge is 0.155 e. The lowest BCUT2D eigenvalue weighted by Crippen LogP contribution is -2.43. The number of hydrogen-bond acceptors (Lipinski definition) is 1. The average molecular weight is 258 g/mol. The first-order valence-electron chi connectivity index (χ1n) is 7.98. The fourth-order valence-electron chi connectivity index (χ4n) is 4.71. The Kier molecular flexibility index (Phi) is 3.19. The molecule has 0 aliphatic heterocycles. The Morgan fingerprint density at radius 2 is 2.16 bits per heavy atom. The van der Waals surface area contributed by atoms with Gasteiger partial charge in [-0.2, -0.15) is 0 Å². The second-order valence-corrected chi connectivity index (χ2v) is 7.19. The van der Waals surface area contributed by atoms with E-state index in [1.165, 1.54) is 24.8 Å². The van der Waals surface area contributed by atoms with E-state index in [2.05, 4.69) is 32.9 Å². The first kappa shape index (κ1) is 13.1. The molecular weight excluding hydrogens is 232 g/mol. The topological polar surface area (TPSA) is 17.1 Å². The van der Waals surface area contributed by atoms with Crippen molar-refractivity contribution in [3.63, 3.8) is 0 Å². The summed E-state index contributed by atoms with van der Waals surface area (Å²) in [5.41, 5.74) is 1.84. The summed E-state index contributed by atoms with van der Waals surface area (Å²) >= 11 is 0. The van der Waals surface area contributed by atoms with Crippen LogP contribution in [0.1, 0.15) is 52.9 Å². The predicted octanol–water partition coefficient (Wildman–Crippen LogP) is 4.54. The average Bonchev–Trinajstić information content (AvgIpc) is 2.42. The van der Waals surface area contributed by atoms with Gasteiger partial charge in [0.2, 0.25) is 0 Å². The van der Waals surface area contributed by atoms with Crippen LogP contribution in [-0.4, -0.2) is 5.78 Å². The van der Waals surface area contributed by atoms with Gasteiger partial charge in [-0.1, -0.05) is 39.3 Å². The summed E-state index contributed by atoms with van der Waals surface area (Å²) in [5, 5.41) is 0. The van der Waals surface area contributed by atoms with E-state index in [4.69, 9.17) is 0 Å². The van der Waals surface area contributed by atoms with Crippen LogP contribution in [0, 0.1) is 29.1 Å². The molecule has 0 radical (unpaired) electrons. The number of fused-ring (bicyclic) bond motifs is 3. The van der Waals surface area contributed by atoms with Crippen LogP contribution in [0.25, 0.3) is 0 Å². The fraction of sp³-hybridized carbons (Fsp3) is 0.722. The molecule has 1 nitrogen and oxygen atoms in total. The maximum atomic E-state index is 11.6. The van der Waals surface area contributed by atoms with Gasteiger partial charge in [0.1, 0.15) is 0 Å². The van der Waals surface area contributed by atoms with Crippen LogP contribution >= 0.6 is 0 Å². The van der Waals surface area contributed by atoms with E-state index < -0.39 is 0 Å². The van der Waals surface area contributed by atoms with Crippen LogP contribution in [0.3, 0.4) is 0 Å². The summed E-state index contributed by atoms with van der Waals surface area (Å²) in [7, 11) is 0. The van der Waals surface area contributed by atoms with Crippen LogP contribution in [0.15, 0.2) is 23.8 Å². The molecule has 0 spiro atoms. The van der Waals surface area contributed by atoms with Crippen LogP contribution in [0.5, 0.6) is 0 Å². The minimum Gasteiger partial charge on any atom is -0.295 e. The molecule has 1 saturated carbocycles. The summed E-state index contributed by atoms with van der Waals surface area (Å²) in [5.74, 6) is 3.29. The Bertz CT molecular complexity index is 445. The normalized spacial score (nSPS) is 45.4. The van der Waals surface area contributed by atoms with Gasteiger partial charge in [-0.3, -0.25) is 4.79 Å². The molecule has 3 aliphatic carbocycles. The summed E-state index contributed by atoms with van der Waals surface area (Å²) in [6.45, 7) is 7.26. The molecule has 5 unspecified atom stereocenters. The lowest BCUT2D eigenvalue weighted by molar-refractivity contribution is -0.115. The van der Waals surface area contributed by atoms with Crippen molar-refractivity contribution in [1.29, 1.82) is 0 Å². The second-order valence-electron chi connectivity index (χ2n) is 7.19. The quantitative estimate of drug-likeness (QED) is 0.675. The van der Waals surface area contributed by atoms with Crippen molar-refractivity contribution in [1.82, 2.24) is 0 Å². The molecule has 0 aromatic heterocycles. The van der Waals surface area contributed by atoms with E-state index in [-0.39, 0.29) is 0 Å². The molecule has 0 aromatic rings. The lowest BCUT2D eigenvalue weighted by atomic mass is 9.53. The van der Waals surface area contributed by atoms with E-state index in [9.17, 15) is 4.79 Å². The highest BCUT2D eigenvalue weighted by molar-refractivity contribution is 5.91. The van der Waals surface area contributed by atoms with Crippen molar-refractivity contribution in [2.75, 3.05) is 0 Å². The van der Waals surface area contributed by atoms with Gasteiger partial charge in [-0.25, -0.2) is 0 Å². The SMILES string of the molecule is CCC1(C)CCC2C3CCC(=O)C=C3C=CC2C1C. The van der Waals surface area contributed by atoms with E-state index in [0.717, 1.165) is 30.6 Å². The fourth-order valence-corrected chi connectivity index (χ4v) is 4.71. The third kappa shape index (κ3) is 2.02.